The third-order valence-corrected chi connectivity index (χ3v) is 3.20. The molecule has 4 heteroatoms. The Balaban J connectivity index is 2.22. The van der Waals surface area contributed by atoms with Gasteiger partial charge in [0.1, 0.15) is 0 Å². The zero-order valence-electron chi connectivity index (χ0n) is 10.9. The van der Waals surface area contributed by atoms with Gasteiger partial charge in [-0.25, -0.2) is 4.79 Å². The van der Waals surface area contributed by atoms with Gasteiger partial charge in [0, 0.05) is 24.7 Å². The van der Waals surface area contributed by atoms with E-state index in [4.69, 9.17) is 5.11 Å². The van der Waals surface area contributed by atoms with Gasteiger partial charge in [-0.2, -0.15) is 0 Å². The number of rotatable bonds is 7. The predicted octanol–water partition coefficient (Wildman–Crippen LogP) is 1.48. The molecule has 0 aromatic rings. The van der Waals surface area contributed by atoms with Crippen LogP contribution in [0.2, 0.25) is 0 Å². The number of likely N-dealkylation sites (tertiary alicyclic amines) is 1. The van der Waals surface area contributed by atoms with Gasteiger partial charge >= 0.3 is 5.97 Å². The molecular weight excluding hydrogens is 216 g/mol. The van der Waals surface area contributed by atoms with Crippen molar-refractivity contribution in [3.8, 4) is 0 Å². The number of carboxylic acids is 1. The Morgan fingerprint density at radius 2 is 2.12 bits per heavy atom. The Hall–Kier alpha value is -0.870. The molecule has 0 spiro atoms. The standard InChI is InChI=1S/C13H24N2O2/c1-3-12(13(16)17)6-7-14-11(2)10-15-8-4-5-9-15/h6,11,14H,3-5,7-10H2,1-2H3,(H,16,17). The molecule has 1 heterocycles. The van der Waals surface area contributed by atoms with E-state index in [0.29, 0.717) is 24.6 Å². The minimum absolute atomic E-state index is 0.413. The Bertz CT molecular complexity index is 271. The van der Waals surface area contributed by atoms with E-state index in [1.807, 2.05) is 6.92 Å². The van der Waals surface area contributed by atoms with Crippen molar-refractivity contribution >= 4 is 5.97 Å². The average molecular weight is 240 g/mol. The summed E-state index contributed by atoms with van der Waals surface area (Å²) in [5.41, 5.74) is 0.492. The summed E-state index contributed by atoms with van der Waals surface area (Å²) in [7, 11) is 0. The Morgan fingerprint density at radius 3 is 2.65 bits per heavy atom. The van der Waals surface area contributed by atoms with Crippen LogP contribution in [0.15, 0.2) is 11.6 Å². The second-order valence-corrected chi connectivity index (χ2v) is 4.71. The summed E-state index contributed by atoms with van der Waals surface area (Å²) in [6.45, 7) is 8.13. The highest BCUT2D eigenvalue weighted by molar-refractivity contribution is 5.86. The van der Waals surface area contributed by atoms with Crippen molar-refractivity contribution in [3.63, 3.8) is 0 Å². The molecule has 98 valence electrons. The van der Waals surface area contributed by atoms with E-state index in [-0.39, 0.29) is 0 Å². The number of hydrogen-bond donors (Lipinski definition) is 2. The minimum Gasteiger partial charge on any atom is -0.478 e. The van der Waals surface area contributed by atoms with Crippen molar-refractivity contribution in [2.45, 2.75) is 39.2 Å². The molecule has 1 fully saturated rings. The molecule has 0 amide bonds. The van der Waals surface area contributed by atoms with E-state index < -0.39 is 5.97 Å². The first kappa shape index (κ1) is 14.2. The molecule has 1 atom stereocenters. The van der Waals surface area contributed by atoms with Crippen LogP contribution in [0.3, 0.4) is 0 Å². The third kappa shape index (κ3) is 5.33. The van der Waals surface area contributed by atoms with Crippen molar-refractivity contribution < 1.29 is 9.90 Å². The summed E-state index contributed by atoms with van der Waals surface area (Å²) in [6.07, 6.45) is 4.98. The highest BCUT2D eigenvalue weighted by Crippen LogP contribution is 2.07. The lowest BCUT2D eigenvalue weighted by Crippen LogP contribution is -2.38. The van der Waals surface area contributed by atoms with Crippen LogP contribution in [-0.4, -0.2) is 48.2 Å². The fourth-order valence-corrected chi connectivity index (χ4v) is 2.18. The predicted molar refractivity (Wildman–Crippen MR) is 69.1 cm³/mol. The van der Waals surface area contributed by atoms with Gasteiger partial charge in [0.15, 0.2) is 0 Å². The molecule has 0 aromatic carbocycles. The van der Waals surface area contributed by atoms with Crippen LogP contribution in [0.5, 0.6) is 0 Å². The van der Waals surface area contributed by atoms with Gasteiger partial charge in [-0.15, -0.1) is 0 Å². The summed E-state index contributed by atoms with van der Waals surface area (Å²) < 4.78 is 0. The van der Waals surface area contributed by atoms with E-state index in [1.54, 1.807) is 6.08 Å². The Labute approximate surface area is 104 Å². The number of carbonyl (C=O) groups is 1. The van der Waals surface area contributed by atoms with Gasteiger partial charge in [-0.05, 0) is 39.3 Å². The zero-order valence-corrected chi connectivity index (χ0v) is 10.9. The van der Waals surface area contributed by atoms with Crippen LogP contribution in [0.1, 0.15) is 33.1 Å². The number of nitrogens with one attached hydrogen (secondary N) is 1. The minimum atomic E-state index is -0.804. The highest BCUT2D eigenvalue weighted by Gasteiger charge is 2.13. The fourth-order valence-electron chi connectivity index (χ4n) is 2.18. The van der Waals surface area contributed by atoms with Crippen molar-refractivity contribution in [1.29, 1.82) is 0 Å². The molecule has 17 heavy (non-hydrogen) atoms. The molecule has 4 nitrogen and oxygen atoms in total. The van der Waals surface area contributed by atoms with Crippen LogP contribution in [0.25, 0.3) is 0 Å². The molecule has 1 aliphatic rings. The monoisotopic (exact) mass is 240 g/mol. The highest BCUT2D eigenvalue weighted by atomic mass is 16.4. The van der Waals surface area contributed by atoms with Gasteiger partial charge < -0.3 is 15.3 Å². The first-order valence-corrected chi connectivity index (χ1v) is 6.51. The van der Waals surface area contributed by atoms with Crippen molar-refractivity contribution in [2.75, 3.05) is 26.2 Å². The van der Waals surface area contributed by atoms with Crippen LogP contribution in [0.4, 0.5) is 0 Å². The Morgan fingerprint density at radius 1 is 1.47 bits per heavy atom. The van der Waals surface area contributed by atoms with Crippen LogP contribution >= 0.6 is 0 Å². The molecule has 1 saturated heterocycles. The normalized spacial score (nSPS) is 19.5. The van der Waals surface area contributed by atoms with E-state index in [2.05, 4.69) is 17.1 Å². The molecule has 0 bridgehead atoms. The van der Waals surface area contributed by atoms with Gasteiger partial charge in [0.2, 0.25) is 0 Å². The Kier molecular flexibility index (Phi) is 6.22. The molecule has 1 aliphatic heterocycles. The van der Waals surface area contributed by atoms with E-state index >= 15 is 0 Å². The molecular formula is C13H24N2O2. The van der Waals surface area contributed by atoms with Crippen LogP contribution < -0.4 is 5.32 Å². The molecule has 1 unspecified atom stereocenters. The lowest BCUT2D eigenvalue weighted by molar-refractivity contribution is -0.132. The average Bonchev–Trinajstić information content (AvgIpc) is 2.76. The maximum absolute atomic E-state index is 10.8. The summed E-state index contributed by atoms with van der Waals surface area (Å²) in [5.74, 6) is -0.804. The number of hydrogen-bond acceptors (Lipinski definition) is 3. The van der Waals surface area contributed by atoms with E-state index in [1.165, 1.54) is 25.9 Å². The van der Waals surface area contributed by atoms with E-state index in [9.17, 15) is 4.79 Å². The van der Waals surface area contributed by atoms with Gasteiger partial charge in [-0.3, -0.25) is 0 Å². The van der Waals surface area contributed by atoms with Crippen molar-refractivity contribution in [2.24, 2.45) is 0 Å². The quantitative estimate of drug-likeness (QED) is 0.662. The van der Waals surface area contributed by atoms with Crippen LogP contribution in [-0.2, 0) is 4.79 Å². The second kappa shape index (κ2) is 7.45. The topological polar surface area (TPSA) is 52.6 Å². The summed E-state index contributed by atoms with van der Waals surface area (Å²) >= 11 is 0. The van der Waals surface area contributed by atoms with Gasteiger partial charge in [0.05, 0.1) is 0 Å². The van der Waals surface area contributed by atoms with Crippen molar-refractivity contribution in [1.82, 2.24) is 10.2 Å². The van der Waals surface area contributed by atoms with Gasteiger partial charge in [0.25, 0.3) is 0 Å². The molecule has 0 aliphatic carbocycles. The second-order valence-electron chi connectivity index (χ2n) is 4.71. The molecule has 0 aromatic heterocycles. The lowest BCUT2D eigenvalue weighted by atomic mass is 10.2. The number of aliphatic carboxylic acids is 1. The van der Waals surface area contributed by atoms with Crippen LogP contribution in [0, 0.1) is 0 Å². The summed E-state index contributed by atoms with van der Waals surface area (Å²) in [5, 5.41) is 12.2. The first-order valence-electron chi connectivity index (χ1n) is 6.51. The third-order valence-electron chi connectivity index (χ3n) is 3.20. The molecule has 0 saturated carbocycles. The fraction of sp³-hybridized carbons (Fsp3) is 0.769. The lowest BCUT2D eigenvalue weighted by Gasteiger charge is -2.20. The molecule has 0 radical (unpaired) electrons. The first-order chi connectivity index (χ1) is 8.13. The SMILES string of the molecule is CCC(=CCNC(C)CN1CCCC1)C(=O)O. The smallest absolute Gasteiger partial charge is 0.331 e. The summed E-state index contributed by atoms with van der Waals surface area (Å²) in [4.78, 5) is 13.2. The van der Waals surface area contributed by atoms with Gasteiger partial charge in [-0.1, -0.05) is 13.0 Å². The zero-order chi connectivity index (χ0) is 12.7. The maximum atomic E-state index is 10.8. The van der Waals surface area contributed by atoms with E-state index in [0.717, 1.165) is 6.54 Å². The molecule has 2 N–H and O–H groups in total. The maximum Gasteiger partial charge on any atom is 0.331 e. The largest absolute Gasteiger partial charge is 0.478 e. The van der Waals surface area contributed by atoms with Crippen molar-refractivity contribution in [3.05, 3.63) is 11.6 Å². The molecule has 1 rings (SSSR count). The summed E-state index contributed by atoms with van der Waals surface area (Å²) in [6, 6.07) is 0.413. The number of nitrogens with zero attached hydrogens (tertiary/aromatic N) is 1. The number of carboxylic acid groups (broad SMARTS) is 1.